The molecule has 0 saturated carbocycles. The summed E-state index contributed by atoms with van der Waals surface area (Å²) in [6.07, 6.45) is -4.22. The average molecular weight is 419 g/mol. The molecule has 0 aliphatic rings. The van der Waals surface area contributed by atoms with Gasteiger partial charge in [0.25, 0.3) is 5.91 Å². The molecule has 0 aliphatic heterocycles. The van der Waals surface area contributed by atoms with Crippen molar-refractivity contribution in [3.8, 4) is 6.07 Å². The topological polar surface area (TPSA) is 76.4 Å². The van der Waals surface area contributed by atoms with Gasteiger partial charge >= 0.3 is 6.18 Å². The number of nitrogens with zero attached hydrogens (tertiary/aromatic N) is 2. The quantitative estimate of drug-likeness (QED) is 0.417. The Morgan fingerprint density at radius 3 is 2.60 bits per heavy atom. The third kappa shape index (κ3) is 5.68. The van der Waals surface area contributed by atoms with Crippen LogP contribution in [0.5, 0.6) is 0 Å². The zero-order valence-electron chi connectivity index (χ0n) is 15.8. The van der Waals surface area contributed by atoms with Gasteiger partial charge in [0.05, 0.1) is 23.8 Å². The lowest BCUT2D eigenvalue weighted by Crippen LogP contribution is -2.29. The Hall–Kier alpha value is -3.64. The van der Waals surface area contributed by atoms with Gasteiger partial charge in [0.2, 0.25) is 0 Å². The highest BCUT2D eigenvalue weighted by Crippen LogP contribution is 2.28. The summed E-state index contributed by atoms with van der Waals surface area (Å²) < 4.78 is 52.7. The van der Waals surface area contributed by atoms with Crippen LogP contribution in [0.3, 0.4) is 0 Å². The lowest BCUT2D eigenvalue weighted by Gasteiger charge is -2.23. The number of halogens is 4. The number of aliphatic hydroxyl groups is 1. The number of hydrogen-bond donors (Lipinski definition) is 2. The van der Waals surface area contributed by atoms with Crippen molar-refractivity contribution in [3.63, 3.8) is 0 Å². The number of benzene rings is 2. The molecular formula is C21H17F4N3O2. The van der Waals surface area contributed by atoms with Crippen molar-refractivity contribution in [3.05, 3.63) is 83.3 Å². The van der Waals surface area contributed by atoms with E-state index in [2.05, 4.69) is 11.9 Å². The second-order valence-electron chi connectivity index (χ2n) is 6.23. The minimum atomic E-state index is -4.77. The number of alkyl halides is 3. The molecule has 5 nitrogen and oxygen atoms in total. The molecule has 156 valence electrons. The Bertz CT molecular complexity index is 1040. The van der Waals surface area contributed by atoms with Crippen molar-refractivity contribution < 1.29 is 27.5 Å². The van der Waals surface area contributed by atoms with E-state index in [-0.39, 0.29) is 22.5 Å². The van der Waals surface area contributed by atoms with E-state index in [0.29, 0.717) is 6.08 Å². The van der Waals surface area contributed by atoms with Crippen LogP contribution in [-0.2, 0) is 11.4 Å². The standard InChI is InChI=1S/C21H17F4N3O2/c1-13(21(23,24)25)6-19(28(2)18-5-3-4-14(9-18)11-26)20(30)27-17-8-15(12-29)7-16(22)10-17/h3-10,29H,1,12H2,2H3,(H,27,30)/b19-6-. The number of amides is 1. The van der Waals surface area contributed by atoms with Crippen LogP contribution in [0, 0.1) is 17.1 Å². The van der Waals surface area contributed by atoms with Crippen LogP contribution in [0.15, 0.2) is 66.4 Å². The fourth-order valence-electron chi connectivity index (χ4n) is 2.49. The zero-order valence-corrected chi connectivity index (χ0v) is 15.8. The maximum Gasteiger partial charge on any atom is 0.415 e. The van der Waals surface area contributed by atoms with Crippen LogP contribution in [-0.4, -0.2) is 24.2 Å². The number of hydrogen-bond acceptors (Lipinski definition) is 4. The first kappa shape index (κ1) is 22.6. The summed E-state index contributed by atoms with van der Waals surface area (Å²) in [7, 11) is 1.34. The summed E-state index contributed by atoms with van der Waals surface area (Å²) in [4.78, 5) is 13.9. The van der Waals surface area contributed by atoms with E-state index in [0.717, 1.165) is 17.0 Å². The van der Waals surface area contributed by atoms with Gasteiger partial charge in [0, 0.05) is 18.4 Å². The molecular weight excluding hydrogens is 402 g/mol. The Morgan fingerprint density at radius 1 is 1.30 bits per heavy atom. The third-order valence-corrected chi connectivity index (χ3v) is 4.03. The van der Waals surface area contributed by atoms with Crippen molar-refractivity contribution in [1.82, 2.24) is 0 Å². The number of nitrogens with one attached hydrogen (secondary N) is 1. The van der Waals surface area contributed by atoms with Gasteiger partial charge < -0.3 is 15.3 Å². The average Bonchev–Trinajstić information content (AvgIpc) is 2.69. The number of allylic oxidation sites excluding steroid dienone is 2. The van der Waals surface area contributed by atoms with Crippen LogP contribution in [0.1, 0.15) is 11.1 Å². The molecule has 1 amide bonds. The van der Waals surface area contributed by atoms with Crippen molar-refractivity contribution >= 4 is 17.3 Å². The SMILES string of the molecule is C=C(/C=C(/C(=O)Nc1cc(F)cc(CO)c1)N(C)c1cccc(C#N)c1)C(F)(F)F. The van der Waals surface area contributed by atoms with E-state index in [1.165, 1.54) is 37.4 Å². The Morgan fingerprint density at radius 2 is 2.00 bits per heavy atom. The summed E-state index contributed by atoms with van der Waals surface area (Å²) >= 11 is 0. The normalized spacial score (nSPS) is 11.6. The minimum absolute atomic E-state index is 0.0493. The molecule has 0 spiro atoms. The summed E-state index contributed by atoms with van der Waals surface area (Å²) in [5, 5.41) is 20.5. The smallest absolute Gasteiger partial charge is 0.392 e. The predicted octanol–water partition coefficient (Wildman–Crippen LogP) is 4.27. The van der Waals surface area contributed by atoms with Crippen molar-refractivity contribution in [2.24, 2.45) is 0 Å². The summed E-state index contributed by atoms with van der Waals surface area (Å²) in [5.41, 5.74) is -1.07. The zero-order chi connectivity index (χ0) is 22.5. The lowest BCUT2D eigenvalue weighted by molar-refractivity contribution is -0.112. The number of carbonyl (C=O) groups excluding carboxylic acids is 1. The molecule has 0 aliphatic carbocycles. The molecule has 0 radical (unpaired) electrons. The molecule has 0 bridgehead atoms. The van der Waals surface area contributed by atoms with Crippen LogP contribution in [0.4, 0.5) is 28.9 Å². The Labute approximate surface area is 170 Å². The van der Waals surface area contributed by atoms with Gasteiger partial charge in [-0.15, -0.1) is 0 Å². The van der Waals surface area contributed by atoms with Gasteiger partial charge in [0.15, 0.2) is 0 Å². The number of carbonyl (C=O) groups is 1. The second kappa shape index (κ2) is 9.24. The molecule has 0 atom stereocenters. The number of nitriles is 1. The first-order chi connectivity index (χ1) is 14.0. The van der Waals surface area contributed by atoms with E-state index in [4.69, 9.17) is 10.4 Å². The molecule has 0 heterocycles. The van der Waals surface area contributed by atoms with Crippen LogP contribution in [0.2, 0.25) is 0 Å². The first-order valence-corrected chi connectivity index (χ1v) is 8.48. The lowest BCUT2D eigenvalue weighted by atomic mass is 10.1. The fraction of sp³-hybridized carbons (Fsp3) is 0.143. The van der Waals surface area contributed by atoms with Crippen molar-refractivity contribution in [2.45, 2.75) is 12.8 Å². The molecule has 2 aromatic rings. The van der Waals surface area contributed by atoms with E-state index >= 15 is 0 Å². The van der Waals surface area contributed by atoms with Gasteiger partial charge in [-0.25, -0.2) is 4.39 Å². The highest BCUT2D eigenvalue weighted by molar-refractivity contribution is 6.06. The van der Waals surface area contributed by atoms with E-state index in [1.54, 1.807) is 0 Å². The monoisotopic (exact) mass is 419 g/mol. The molecule has 30 heavy (non-hydrogen) atoms. The van der Waals surface area contributed by atoms with Crippen molar-refractivity contribution in [2.75, 3.05) is 17.3 Å². The van der Waals surface area contributed by atoms with Crippen LogP contribution >= 0.6 is 0 Å². The largest absolute Gasteiger partial charge is 0.415 e. The van der Waals surface area contributed by atoms with Gasteiger partial charge in [-0.3, -0.25) is 4.79 Å². The number of likely N-dealkylation sites (N-methyl/N-ethyl adjacent to an activating group) is 1. The summed E-state index contributed by atoms with van der Waals surface area (Å²) in [6.45, 7) is 2.46. The Balaban J connectivity index is 2.46. The molecule has 2 N–H and O–H groups in total. The summed E-state index contributed by atoms with van der Waals surface area (Å²) in [5.74, 6) is -1.71. The number of aliphatic hydroxyl groups excluding tert-OH is 1. The molecule has 2 rings (SSSR count). The highest BCUT2D eigenvalue weighted by atomic mass is 19.4. The van der Waals surface area contributed by atoms with Gasteiger partial charge in [-0.05, 0) is 48.0 Å². The second-order valence-corrected chi connectivity index (χ2v) is 6.23. The van der Waals surface area contributed by atoms with E-state index in [1.807, 2.05) is 6.07 Å². The maximum atomic E-state index is 13.7. The molecule has 0 aromatic heterocycles. The predicted molar refractivity (Wildman–Crippen MR) is 104 cm³/mol. The molecule has 0 saturated heterocycles. The maximum absolute atomic E-state index is 13.7. The number of anilines is 2. The van der Waals surface area contributed by atoms with E-state index < -0.39 is 35.8 Å². The first-order valence-electron chi connectivity index (χ1n) is 8.48. The van der Waals surface area contributed by atoms with Crippen LogP contribution < -0.4 is 10.2 Å². The van der Waals surface area contributed by atoms with Gasteiger partial charge in [0.1, 0.15) is 11.5 Å². The summed E-state index contributed by atoms with van der Waals surface area (Å²) in [6, 6.07) is 11.1. The van der Waals surface area contributed by atoms with Gasteiger partial charge in [-0.1, -0.05) is 12.6 Å². The Kier molecular flexibility index (Phi) is 6.97. The fourth-order valence-corrected chi connectivity index (χ4v) is 2.49. The van der Waals surface area contributed by atoms with Crippen LogP contribution in [0.25, 0.3) is 0 Å². The van der Waals surface area contributed by atoms with Crippen molar-refractivity contribution in [1.29, 1.82) is 5.26 Å². The van der Waals surface area contributed by atoms with Gasteiger partial charge in [-0.2, -0.15) is 18.4 Å². The minimum Gasteiger partial charge on any atom is -0.392 e. The molecule has 0 fully saturated rings. The molecule has 2 aromatic carbocycles. The van der Waals surface area contributed by atoms with E-state index in [9.17, 15) is 22.4 Å². The number of rotatable bonds is 6. The molecule has 9 heteroatoms. The molecule has 0 unspecified atom stereocenters. The highest BCUT2D eigenvalue weighted by Gasteiger charge is 2.32. The third-order valence-electron chi connectivity index (χ3n) is 4.03.